The first kappa shape index (κ1) is 16.2. The maximum atomic E-state index is 12.6. The fraction of sp³-hybridized carbons (Fsp3) is 0.571. The van der Waals surface area contributed by atoms with Crippen molar-refractivity contribution in [1.29, 1.82) is 0 Å². The number of hydrogen-bond donors (Lipinski definition) is 1. The van der Waals surface area contributed by atoms with Gasteiger partial charge >= 0.3 is 0 Å². The number of rotatable bonds is 6. The topological polar surface area (TPSA) is 67.9 Å². The monoisotopic (exact) mass is 314 g/mol. The molecule has 0 aliphatic carbocycles. The summed E-state index contributed by atoms with van der Waals surface area (Å²) in [5, 5.41) is 3.19. The zero-order valence-electron chi connectivity index (χ0n) is 12.4. The average molecular weight is 314 g/mol. The summed E-state index contributed by atoms with van der Waals surface area (Å²) in [7, 11) is -1.84. The molecule has 118 valence electrons. The van der Waals surface area contributed by atoms with Crippen molar-refractivity contribution in [2.75, 3.05) is 40.0 Å². The summed E-state index contributed by atoms with van der Waals surface area (Å²) in [6.45, 7) is 4.70. The zero-order valence-corrected chi connectivity index (χ0v) is 13.2. The quantitative estimate of drug-likeness (QED) is 0.783. The van der Waals surface area contributed by atoms with E-state index in [0.717, 1.165) is 0 Å². The molecule has 1 aromatic carbocycles. The first-order valence-electron chi connectivity index (χ1n) is 7.00. The molecule has 1 atom stereocenters. The Hall–Kier alpha value is -1.15. The summed E-state index contributed by atoms with van der Waals surface area (Å²) in [6.07, 6.45) is 0. The Balaban J connectivity index is 2.09. The normalized spacial score (nSPS) is 20.4. The molecule has 6 nitrogen and oxygen atoms in total. The van der Waals surface area contributed by atoms with E-state index >= 15 is 0 Å². The molecule has 0 spiro atoms. The fourth-order valence-electron chi connectivity index (χ4n) is 2.27. The summed E-state index contributed by atoms with van der Waals surface area (Å²) in [5.41, 5.74) is 0. The van der Waals surface area contributed by atoms with E-state index in [4.69, 9.17) is 9.47 Å². The molecular weight excluding hydrogens is 292 g/mol. The second-order valence-corrected chi connectivity index (χ2v) is 6.87. The summed E-state index contributed by atoms with van der Waals surface area (Å²) in [6, 6.07) is 6.49. The van der Waals surface area contributed by atoms with E-state index < -0.39 is 10.0 Å². The van der Waals surface area contributed by atoms with Crippen LogP contribution in [0.4, 0.5) is 0 Å². The van der Waals surface area contributed by atoms with E-state index in [9.17, 15) is 8.42 Å². The second kappa shape index (κ2) is 7.22. The molecule has 7 heteroatoms. The van der Waals surface area contributed by atoms with Gasteiger partial charge in [0.25, 0.3) is 0 Å². The van der Waals surface area contributed by atoms with Crippen LogP contribution in [0.1, 0.15) is 6.92 Å². The number of hydrogen-bond acceptors (Lipinski definition) is 5. The largest absolute Gasteiger partial charge is 0.491 e. The molecule has 1 fully saturated rings. The molecular formula is C14H22N2O4S. The predicted molar refractivity (Wildman–Crippen MR) is 80.0 cm³/mol. The lowest BCUT2D eigenvalue weighted by Crippen LogP contribution is -2.52. The van der Waals surface area contributed by atoms with Crippen molar-refractivity contribution < 1.29 is 17.9 Å². The number of piperazine rings is 1. The van der Waals surface area contributed by atoms with Crippen LogP contribution in [-0.2, 0) is 14.8 Å². The number of nitrogens with zero attached hydrogens (tertiary/aromatic N) is 1. The molecule has 2 rings (SSSR count). The Kier molecular flexibility index (Phi) is 5.58. The summed E-state index contributed by atoms with van der Waals surface area (Å²) < 4.78 is 37.1. The summed E-state index contributed by atoms with van der Waals surface area (Å²) in [4.78, 5) is 0.301. The Morgan fingerprint density at radius 3 is 2.62 bits per heavy atom. The molecule has 1 aliphatic heterocycles. The van der Waals surface area contributed by atoms with Gasteiger partial charge in [0.2, 0.25) is 10.0 Å². The van der Waals surface area contributed by atoms with Gasteiger partial charge in [-0.3, -0.25) is 0 Å². The van der Waals surface area contributed by atoms with Crippen molar-refractivity contribution in [2.24, 2.45) is 0 Å². The standard InChI is InChI=1S/C14H22N2O4S/c1-12-11-15-7-8-16(12)21(17,18)14-5-3-13(4-6-14)20-10-9-19-2/h3-6,12,15H,7-11H2,1-2H3/t12-/m0/s1. The lowest BCUT2D eigenvalue weighted by molar-refractivity contribution is 0.146. The van der Waals surface area contributed by atoms with Gasteiger partial charge in [-0.25, -0.2) is 8.42 Å². The molecule has 0 saturated carbocycles. The minimum atomic E-state index is -3.44. The lowest BCUT2D eigenvalue weighted by atomic mass is 10.3. The number of ether oxygens (including phenoxy) is 2. The molecule has 0 bridgehead atoms. The van der Waals surface area contributed by atoms with Crippen molar-refractivity contribution in [3.05, 3.63) is 24.3 Å². The van der Waals surface area contributed by atoms with Gasteiger partial charge < -0.3 is 14.8 Å². The molecule has 0 radical (unpaired) electrons. The van der Waals surface area contributed by atoms with E-state index in [2.05, 4.69) is 5.32 Å². The number of nitrogens with one attached hydrogen (secondary N) is 1. The Morgan fingerprint density at radius 1 is 1.29 bits per heavy atom. The molecule has 21 heavy (non-hydrogen) atoms. The molecule has 1 saturated heterocycles. The fourth-order valence-corrected chi connectivity index (χ4v) is 3.90. The Bertz CT molecular complexity index is 545. The third kappa shape index (κ3) is 3.94. The van der Waals surface area contributed by atoms with Crippen LogP contribution in [0.2, 0.25) is 0 Å². The molecule has 0 aromatic heterocycles. The van der Waals surface area contributed by atoms with Gasteiger partial charge in [-0.1, -0.05) is 0 Å². The van der Waals surface area contributed by atoms with Gasteiger partial charge in [-0.2, -0.15) is 4.31 Å². The van der Waals surface area contributed by atoms with Crippen molar-refractivity contribution in [3.8, 4) is 5.75 Å². The van der Waals surface area contributed by atoms with Crippen molar-refractivity contribution in [1.82, 2.24) is 9.62 Å². The van der Waals surface area contributed by atoms with Gasteiger partial charge in [-0.15, -0.1) is 0 Å². The average Bonchev–Trinajstić information content (AvgIpc) is 2.48. The summed E-state index contributed by atoms with van der Waals surface area (Å²) >= 11 is 0. The van der Waals surface area contributed by atoms with Crippen LogP contribution < -0.4 is 10.1 Å². The summed E-state index contributed by atoms with van der Waals surface area (Å²) in [5.74, 6) is 0.638. The molecule has 1 heterocycles. The van der Waals surface area contributed by atoms with Crippen molar-refractivity contribution in [3.63, 3.8) is 0 Å². The minimum Gasteiger partial charge on any atom is -0.491 e. The van der Waals surface area contributed by atoms with E-state index in [1.165, 1.54) is 0 Å². The highest BCUT2D eigenvalue weighted by molar-refractivity contribution is 7.89. The third-order valence-electron chi connectivity index (χ3n) is 3.43. The van der Waals surface area contributed by atoms with Crippen molar-refractivity contribution in [2.45, 2.75) is 17.9 Å². The van der Waals surface area contributed by atoms with Crippen LogP contribution in [0.15, 0.2) is 29.2 Å². The van der Waals surface area contributed by atoms with E-state index in [-0.39, 0.29) is 6.04 Å². The van der Waals surface area contributed by atoms with Crippen LogP contribution >= 0.6 is 0 Å². The second-order valence-electron chi connectivity index (χ2n) is 4.98. The molecule has 0 unspecified atom stereocenters. The molecule has 1 aliphatic rings. The van der Waals surface area contributed by atoms with E-state index in [0.29, 0.717) is 43.5 Å². The third-order valence-corrected chi connectivity index (χ3v) is 5.45. The van der Waals surface area contributed by atoms with Crippen LogP contribution in [0.25, 0.3) is 0 Å². The zero-order chi connectivity index (χ0) is 15.3. The van der Waals surface area contributed by atoms with Gasteiger partial charge in [0, 0.05) is 32.8 Å². The highest BCUT2D eigenvalue weighted by Crippen LogP contribution is 2.21. The van der Waals surface area contributed by atoms with Crippen LogP contribution in [-0.4, -0.2) is 58.7 Å². The Labute approximate surface area is 126 Å². The van der Waals surface area contributed by atoms with Gasteiger partial charge in [0.1, 0.15) is 12.4 Å². The maximum absolute atomic E-state index is 12.6. The maximum Gasteiger partial charge on any atom is 0.243 e. The van der Waals surface area contributed by atoms with Crippen molar-refractivity contribution >= 4 is 10.0 Å². The molecule has 1 N–H and O–H groups in total. The van der Waals surface area contributed by atoms with Gasteiger partial charge in [-0.05, 0) is 31.2 Å². The lowest BCUT2D eigenvalue weighted by Gasteiger charge is -2.32. The highest BCUT2D eigenvalue weighted by atomic mass is 32.2. The van der Waals surface area contributed by atoms with Gasteiger partial charge in [0.05, 0.1) is 11.5 Å². The minimum absolute atomic E-state index is 0.0404. The van der Waals surface area contributed by atoms with Gasteiger partial charge in [0.15, 0.2) is 0 Å². The number of sulfonamides is 1. The Morgan fingerprint density at radius 2 is 2.00 bits per heavy atom. The highest BCUT2D eigenvalue weighted by Gasteiger charge is 2.30. The van der Waals surface area contributed by atoms with E-state index in [1.54, 1.807) is 35.7 Å². The SMILES string of the molecule is COCCOc1ccc(S(=O)(=O)N2CCNC[C@@H]2C)cc1. The van der Waals surface area contributed by atoms with Crippen LogP contribution in [0.5, 0.6) is 5.75 Å². The van der Waals surface area contributed by atoms with Crippen LogP contribution in [0, 0.1) is 0 Å². The molecule has 0 amide bonds. The smallest absolute Gasteiger partial charge is 0.243 e. The molecule has 1 aromatic rings. The van der Waals surface area contributed by atoms with Crippen LogP contribution in [0.3, 0.4) is 0 Å². The van der Waals surface area contributed by atoms with E-state index in [1.807, 2.05) is 6.92 Å². The number of benzene rings is 1. The first-order valence-corrected chi connectivity index (χ1v) is 8.44. The first-order chi connectivity index (χ1) is 10.1. The predicted octanol–water partition coefficient (Wildman–Crippen LogP) is 0.694. The number of methoxy groups -OCH3 is 1.